The SMILES string of the molecule is CCSc1nnc(C)n1/N=C/c1ccc(COc2cc(C)c(Cl)c(C)c2)o1. The Labute approximate surface area is 167 Å². The first kappa shape index (κ1) is 19.5. The van der Waals surface area contributed by atoms with Gasteiger partial charge in [0.1, 0.15) is 23.9 Å². The van der Waals surface area contributed by atoms with Gasteiger partial charge in [-0.05, 0) is 61.9 Å². The van der Waals surface area contributed by atoms with Crippen molar-refractivity contribution in [1.82, 2.24) is 14.9 Å². The van der Waals surface area contributed by atoms with Crippen molar-refractivity contribution in [2.24, 2.45) is 5.10 Å². The summed E-state index contributed by atoms with van der Waals surface area (Å²) in [6.45, 7) is 8.17. The van der Waals surface area contributed by atoms with E-state index in [4.69, 9.17) is 20.8 Å². The highest BCUT2D eigenvalue weighted by atomic mass is 35.5. The number of thioether (sulfide) groups is 1. The molecule has 3 aromatic rings. The van der Waals surface area contributed by atoms with Gasteiger partial charge in [0.2, 0.25) is 5.16 Å². The number of halogens is 1. The van der Waals surface area contributed by atoms with Crippen LogP contribution in [0.25, 0.3) is 0 Å². The molecule has 3 rings (SSSR count). The Balaban J connectivity index is 1.66. The van der Waals surface area contributed by atoms with E-state index in [-0.39, 0.29) is 0 Å². The van der Waals surface area contributed by atoms with Gasteiger partial charge in [-0.2, -0.15) is 9.78 Å². The number of nitrogens with zero attached hydrogens (tertiary/aromatic N) is 4. The summed E-state index contributed by atoms with van der Waals surface area (Å²) in [6, 6.07) is 7.56. The first-order valence-electron chi connectivity index (χ1n) is 8.55. The second kappa shape index (κ2) is 8.63. The zero-order valence-electron chi connectivity index (χ0n) is 15.7. The lowest BCUT2D eigenvalue weighted by Gasteiger charge is -2.08. The predicted molar refractivity (Wildman–Crippen MR) is 108 cm³/mol. The Morgan fingerprint density at radius 1 is 1.22 bits per heavy atom. The van der Waals surface area contributed by atoms with Crippen molar-refractivity contribution in [2.45, 2.75) is 39.5 Å². The van der Waals surface area contributed by atoms with E-state index in [0.29, 0.717) is 18.1 Å². The van der Waals surface area contributed by atoms with Gasteiger partial charge in [0.25, 0.3) is 0 Å². The molecule has 0 atom stereocenters. The largest absolute Gasteiger partial charge is 0.486 e. The van der Waals surface area contributed by atoms with Crippen molar-refractivity contribution in [3.63, 3.8) is 0 Å². The molecular weight excluding hydrogens is 384 g/mol. The van der Waals surface area contributed by atoms with Crippen LogP contribution in [-0.2, 0) is 6.61 Å². The van der Waals surface area contributed by atoms with E-state index < -0.39 is 0 Å². The minimum Gasteiger partial charge on any atom is -0.486 e. The first-order valence-corrected chi connectivity index (χ1v) is 9.91. The van der Waals surface area contributed by atoms with Crippen LogP contribution in [0.5, 0.6) is 5.75 Å². The fourth-order valence-corrected chi connectivity index (χ4v) is 3.26. The molecule has 2 heterocycles. The maximum atomic E-state index is 6.19. The van der Waals surface area contributed by atoms with Crippen molar-refractivity contribution < 1.29 is 9.15 Å². The molecule has 0 fully saturated rings. The summed E-state index contributed by atoms with van der Waals surface area (Å²) in [5.74, 6) is 3.75. The Morgan fingerprint density at radius 2 is 1.96 bits per heavy atom. The highest BCUT2D eigenvalue weighted by Gasteiger charge is 2.08. The van der Waals surface area contributed by atoms with E-state index in [1.165, 1.54) is 0 Å². The summed E-state index contributed by atoms with van der Waals surface area (Å²) in [5.41, 5.74) is 1.98. The number of ether oxygens (including phenoxy) is 1. The van der Waals surface area contributed by atoms with Crippen molar-refractivity contribution in [3.05, 3.63) is 57.8 Å². The van der Waals surface area contributed by atoms with Crippen molar-refractivity contribution in [1.29, 1.82) is 0 Å². The van der Waals surface area contributed by atoms with E-state index in [9.17, 15) is 0 Å². The van der Waals surface area contributed by atoms with Gasteiger partial charge in [0.05, 0.1) is 6.21 Å². The maximum absolute atomic E-state index is 6.19. The van der Waals surface area contributed by atoms with Crippen LogP contribution in [0.15, 0.2) is 38.9 Å². The molecule has 0 radical (unpaired) electrons. The molecular formula is C19H21ClN4O2S. The number of hydrogen-bond donors (Lipinski definition) is 0. The van der Waals surface area contributed by atoms with Gasteiger partial charge in [0.15, 0.2) is 5.82 Å². The third-order valence-electron chi connectivity index (χ3n) is 3.82. The van der Waals surface area contributed by atoms with Gasteiger partial charge in [0, 0.05) is 5.02 Å². The highest BCUT2D eigenvalue weighted by molar-refractivity contribution is 7.99. The zero-order valence-corrected chi connectivity index (χ0v) is 17.3. The van der Waals surface area contributed by atoms with Crippen LogP contribution in [0.4, 0.5) is 0 Å². The Hall–Kier alpha value is -2.25. The van der Waals surface area contributed by atoms with E-state index in [1.54, 1.807) is 22.7 Å². The van der Waals surface area contributed by atoms with E-state index in [0.717, 1.165) is 38.6 Å². The molecule has 0 saturated carbocycles. The molecule has 27 heavy (non-hydrogen) atoms. The number of rotatable bonds is 7. The Morgan fingerprint density at radius 3 is 2.67 bits per heavy atom. The second-order valence-electron chi connectivity index (χ2n) is 5.98. The average Bonchev–Trinajstić information content (AvgIpc) is 3.23. The van der Waals surface area contributed by atoms with Crippen LogP contribution in [0.3, 0.4) is 0 Å². The first-order chi connectivity index (χ1) is 13.0. The lowest BCUT2D eigenvalue weighted by molar-refractivity contribution is 0.269. The summed E-state index contributed by atoms with van der Waals surface area (Å²) in [5, 5.41) is 14.1. The summed E-state index contributed by atoms with van der Waals surface area (Å²) < 4.78 is 13.3. The van der Waals surface area contributed by atoms with Crippen LogP contribution in [0, 0.1) is 20.8 Å². The molecule has 2 aromatic heterocycles. The molecule has 0 amide bonds. The smallest absolute Gasteiger partial charge is 0.212 e. The summed E-state index contributed by atoms with van der Waals surface area (Å²) >= 11 is 7.78. The molecule has 142 valence electrons. The predicted octanol–water partition coefficient (Wildman–Crippen LogP) is 5.02. The van der Waals surface area contributed by atoms with Crippen LogP contribution in [0.1, 0.15) is 35.4 Å². The van der Waals surface area contributed by atoms with E-state index >= 15 is 0 Å². The Kier molecular flexibility index (Phi) is 6.23. The van der Waals surface area contributed by atoms with E-state index in [1.807, 2.05) is 45.0 Å². The van der Waals surface area contributed by atoms with Crippen LogP contribution in [-0.4, -0.2) is 26.8 Å². The Bertz CT molecular complexity index is 942. The fraction of sp³-hybridized carbons (Fsp3) is 0.316. The van der Waals surface area contributed by atoms with Gasteiger partial charge in [-0.25, -0.2) is 0 Å². The standard InChI is InChI=1S/C19H21ClN4O2S/c1-5-27-19-23-22-14(4)24(19)21-10-15-6-7-16(26-15)11-25-17-8-12(2)18(20)13(3)9-17/h6-10H,5,11H2,1-4H3/b21-10+. The maximum Gasteiger partial charge on any atom is 0.212 e. The topological polar surface area (TPSA) is 65.4 Å². The van der Waals surface area contributed by atoms with E-state index in [2.05, 4.69) is 22.2 Å². The molecule has 0 saturated heterocycles. The lowest BCUT2D eigenvalue weighted by Crippen LogP contribution is -1.96. The number of furan rings is 1. The third-order valence-corrected chi connectivity index (χ3v) is 5.21. The highest BCUT2D eigenvalue weighted by Crippen LogP contribution is 2.26. The van der Waals surface area contributed by atoms with Gasteiger partial charge in [-0.1, -0.05) is 30.3 Å². The van der Waals surface area contributed by atoms with Crippen LogP contribution < -0.4 is 4.74 Å². The van der Waals surface area contributed by atoms with Gasteiger partial charge in [-0.3, -0.25) is 0 Å². The summed E-state index contributed by atoms with van der Waals surface area (Å²) in [6.07, 6.45) is 1.65. The van der Waals surface area contributed by atoms with Gasteiger partial charge < -0.3 is 9.15 Å². The summed E-state index contributed by atoms with van der Waals surface area (Å²) in [7, 11) is 0. The van der Waals surface area contributed by atoms with Crippen molar-refractivity contribution in [3.8, 4) is 5.75 Å². The number of aryl methyl sites for hydroxylation is 3. The van der Waals surface area contributed by atoms with Crippen LogP contribution in [0.2, 0.25) is 5.02 Å². The minimum atomic E-state index is 0.330. The molecule has 8 heteroatoms. The molecule has 6 nitrogen and oxygen atoms in total. The molecule has 1 aromatic carbocycles. The average molecular weight is 405 g/mol. The number of benzene rings is 1. The fourth-order valence-electron chi connectivity index (χ4n) is 2.49. The molecule has 0 aliphatic heterocycles. The quantitative estimate of drug-likeness (QED) is 0.408. The molecule has 0 bridgehead atoms. The van der Waals surface area contributed by atoms with Crippen molar-refractivity contribution >= 4 is 29.6 Å². The molecule has 0 N–H and O–H groups in total. The monoisotopic (exact) mass is 404 g/mol. The third kappa shape index (κ3) is 4.73. The molecule has 0 aliphatic carbocycles. The van der Waals surface area contributed by atoms with Gasteiger partial charge in [-0.15, -0.1) is 10.2 Å². The second-order valence-corrected chi connectivity index (χ2v) is 7.59. The lowest BCUT2D eigenvalue weighted by atomic mass is 10.1. The van der Waals surface area contributed by atoms with Crippen molar-refractivity contribution in [2.75, 3.05) is 5.75 Å². The number of aromatic nitrogens is 3. The molecule has 0 unspecified atom stereocenters. The number of hydrogen-bond acceptors (Lipinski definition) is 6. The normalized spacial score (nSPS) is 11.4. The molecule has 0 aliphatic rings. The van der Waals surface area contributed by atoms with Gasteiger partial charge >= 0.3 is 0 Å². The minimum absolute atomic E-state index is 0.330. The zero-order chi connectivity index (χ0) is 19.4. The van der Waals surface area contributed by atoms with Crippen LogP contribution >= 0.6 is 23.4 Å². The molecule has 0 spiro atoms. The summed E-state index contributed by atoms with van der Waals surface area (Å²) in [4.78, 5) is 0.